The van der Waals surface area contributed by atoms with Gasteiger partial charge in [0.25, 0.3) is 5.91 Å². The summed E-state index contributed by atoms with van der Waals surface area (Å²) in [4.78, 5) is 26.0. The van der Waals surface area contributed by atoms with E-state index < -0.39 is 11.9 Å². The predicted octanol–water partition coefficient (Wildman–Crippen LogP) is 6.32. The summed E-state index contributed by atoms with van der Waals surface area (Å²) in [5.74, 6) is 0.197. The Morgan fingerprint density at radius 1 is 0.871 bits per heavy atom. The second-order valence-corrected chi connectivity index (χ2v) is 7.98. The molecule has 0 unspecified atom stereocenters. The molecular formula is C23H15Cl3N2O3. The van der Waals surface area contributed by atoms with Crippen molar-refractivity contribution >= 4 is 58.5 Å². The third kappa shape index (κ3) is 4.85. The Kier molecular flexibility index (Phi) is 6.18. The minimum absolute atomic E-state index is 0.182. The third-order valence-electron chi connectivity index (χ3n) is 4.56. The van der Waals surface area contributed by atoms with Crippen LogP contribution in [0.15, 0.2) is 72.4 Å². The number of hydrogen-bond donors (Lipinski definition) is 1. The van der Waals surface area contributed by atoms with E-state index in [2.05, 4.69) is 5.32 Å². The number of nitrogens with zero attached hydrogens (tertiary/aromatic N) is 1. The van der Waals surface area contributed by atoms with E-state index in [0.717, 1.165) is 16.0 Å². The second-order valence-electron chi connectivity index (χ2n) is 6.70. The number of ether oxygens (including phenoxy) is 1. The summed E-state index contributed by atoms with van der Waals surface area (Å²) < 4.78 is 5.76. The van der Waals surface area contributed by atoms with Gasteiger partial charge in [0.1, 0.15) is 18.1 Å². The van der Waals surface area contributed by atoms with Crippen molar-refractivity contribution in [3.8, 4) is 5.75 Å². The Balaban J connectivity index is 1.45. The Morgan fingerprint density at radius 3 is 2.23 bits per heavy atom. The fraction of sp³-hybridized carbons (Fsp3) is 0.0435. The van der Waals surface area contributed by atoms with Gasteiger partial charge in [0.2, 0.25) is 0 Å². The summed E-state index contributed by atoms with van der Waals surface area (Å²) >= 11 is 17.9. The Hall–Kier alpha value is -2.99. The van der Waals surface area contributed by atoms with Crippen molar-refractivity contribution < 1.29 is 14.3 Å². The van der Waals surface area contributed by atoms with Crippen molar-refractivity contribution in [1.29, 1.82) is 0 Å². The van der Waals surface area contributed by atoms with Crippen LogP contribution in [0.5, 0.6) is 5.75 Å². The molecule has 0 saturated carbocycles. The van der Waals surface area contributed by atoms with Crippen LogP contribution >= 0.6 is 34.8 Å². The van der Waals surface area contributed by atoms with E-state index in [0.29, 0.717) is 33.1 Å². The van der Waals surface area contributed by atoms with Crippen LogP contribution in [0.25, 0.3) is 6.08 Å². The SMILES string of the molecule is O=C1N/C(=C/c2ccc(OCc3ccc(Cl)cc3Cl)cc2)C(=O)N1c1ccc(Cl)cc1. The maximum Gasteiger partial charge on any atom is 0.333 e. The average molecular weight is 474 g/mol. The van der Waals surface area contributed by atoms with Gasteiger partial charge >= 0.3 is 6.03 Å². The molecule has 0 aromatic heterocycles. The molecule has 8 heteroatoms. The lowest BCUT2D eigenvalue weighted by molar-refractivity contribution is -0.113. The standard InChI is InChI=1S/C23H15Cl3N2O3/c24-16-5-7-18(8-6-16)28-22(29)21(27-23(28)30)11-14-1-9-19(10-2-14)31-13-15-3-4-17(25)12-20(15)26/h1-12H,13H2,(H,27,30)/b21-11+. The first-order valence-corrected chi connectivity index (χ1v) is 10.3. The number of rotatable bonds is 5. The van der Waals surface area contributed by atoms with Crippen LogP contribution < -0.4 is 15.0 Å². The van der Waals surface area contributed by atoms with Crippen LogP contribution in [0.3, 0.4) is 0 Å². The summed E-state index contributed by atoms with van der Waals surface area (Å²) in [6.07, 6.45) is 1.61. The zero-order chi connectivity index (χ0) is 22.0. The van der Waals surface area contributed by atoms with Crippen molar-refractivity contribution in [3.05, 3.63) is 98.6 Å². The predicted molar refractivity (Wildman–Crippen MR) is 123 cm³/mol. The quantitative estimate of drug-likeness (QED) is 0.348. The average Bonchev–Trinajstić information content (AvgIpc) is 3.02. The molecule has 4 rings (SSSR count). The number of hydrogen-bond acceptors (Lipinski definition) is 3. The number of carbonyl (C=O) groups is 2. The Bertz CT molecular complexity index is 1180. The smallest absolute Gasteiger partial charge is 0.333 e. The van der Waals surface area contributed by atoms with E-state index in [9.17, 15) is 9.59 Å². The summed E-state index contributed by atoms with van der Waals surface area (Å²) in [6.45, 7) is 0.293. The van der Waals surface area contributed by atoms with Crippen LogP contribution in [-0.2, 0) is 11.4 Å². The molecular weight excluding hydrogens is 459 g/mol. The lowest BCUT2D eigenvalue weighted by atomic mass is 10.2. The van der Waals surface area contributed by atoms with E-state index in [-0.39, 0.29) is 5.70 Å². The number of benzene rings is 3. The van der Waals surface area contributed by atoms with Crippen LogP contribution in [0, 0.1) is 0 Å². The summed E-state index contributed by atoms with van der Waals surface area (Å²) in [5.41, 5.74) is 2.18. The highest BCUT2D eigenvalue weighted by atomic mass is 35.5. The van der Waals surface area contributed by atoms with Gasteiger partial charge in [-0.2, -0.15) is 0 Å². The number of anilines is 1. The molecule has 3 aromatic carbocycles. The van der Waals surface area contributed by atoms with Gasteiger partial charge in [0, 0.05) is 20.6 Å². The van der Waals surface area contributed by atoms with Crippen LogP contribution in [0.4, 0.5) is 10.5 Å². The molecule has 1 aliphatic heterocycles. The summed E-state index contributed by atoms with van der Waals surface area (Å²) in [5, 5.41) is 4.22. The minimum atomic E-state index is -0.515. The highest BCUT2D eigenvalue weighted by Crippen LogP contribution is 2.25. The molecule has 0 bridgehead atoms. The third-order valence-corrected chi connectivity index (χ3v) is 5.40. The molecule has 1 heterocycles. The monoisotopic (exact) mass is 472 g/mol. The molecule has 0 aliphatic carbocycles. The first-order chi connectivity index (χ1) is 14.9. The fourth-order valence-corrected chi connectivity index (χ4v) is 3.58. The molecule has 1 saturated heterocycles. The van der Waals surface area contributed by atoms with Crippen molar-refractivity contribution in [2.24, 2.45) is 0 Å². The molecule has 0 radical (unpaired) electrons. The molecule has 31 heavy (non-hydrogen) atoms. The van der Waals surface area contributed by atoms with Gasteiger partial charge in [-0.25, -0.2) is 9.69 Å². The Morgan fingerprint density at radius 2 is 1.55 bits per heavy atom. The van der Waals surface area contributed by atoms with Gasteiger partial charge in [0.15, 0.2) is 0 Å². The largest absolute Gasteiger partial charge is 0.489 e. The zero-order valence-electron chi connectivity index (χ0n) is 15.9. The van der Waals surface area contributed by atoms with Crippen LogP contribution in [0.1, 0.15) is 11.1 Å². The van der Waals surface area contributed by atoms with Crippen LogP contribution in [-0.4, -0.2) is 11.9 Å². The molecule has 1 N–H and O–H groups in total. The first kappa shape index (κ1) is 21.2. The van der Waals surface area contributed by atoms with Crippen molar-refractivity contribution in [2.75, 3.05) is 4.90 Å². The minimum Gasteiger partial charge on any atom is -0.489 e. The molecule has 3 amide bonds. The van der Waals surface area contributed by atoms with E-state index >= 15 is 0 Å². The zero-order valence-corrected chi connectivity index (χ0v) is 18.2. The van der Waals surface area contributed by atoms with Crippen molar-refractivity contribution in [2.45, 2.75) is 6.61 Å². The van der Waals surface area contributed by atoms with E-state index in [4.69, 9.17) is 39.5 Å². The van der Waals surface area contributed by atoms with Crippen LogP contribution in [0.2, 0.25) is 15.1 Å². The number of nitrogens with one attached hydrogen (secondary N) is 1. The summed E-state index contributed by atoms with van der Waals surface area (Å²) in [7, 11) is 0. The van der Waals surface area contributed by atoms with Gasteiger partial charge in [-0.1, -0.05) is 53.0 Å². The van der Waals surface area contributed by atoms with Gasteiger partial charge in [-0.05, 0) is 60.2 Å². The molecule has 1 aliphatic rings. The van der Waals surface area contributed by atoms with Gasteiger partial charge in [0.05, 0.1) is 5.69 Å². The molecule has 3 aromatic rings. The number of urea groups is 1. The molecule has 156 valence electrons. The van der Waals surface area contributed by atoms with Crippen molar-refractivity contribution in [3.63, 3.8) is 0 Å². The number of imide groups is 1. The summed E-state index contributed by atoms with van der Waals surface area (Å²) in [6, 6.07) is 18.3. The second kappa shape index (κ2) is 9.02. The number of carbonyl (C=O) groups excluding carboxylic acids is 2. The normalized spacial score (nSPS) is 14.8. The van der Waals surface area contributed by atoms with Gasteiger partial charge < -0.3 is 10.1 Å². The molecule has 0 atom stereocenters. The van der Waals surface area contributed by atoms with E-state index in [1.54, 1.807) is 66.7 Å². The van der Waals surface area contributed by atoms with Gasteiger partial charge in [-0.3, -0.25) is 4.79 Å². The highest BCUT2D eigenvalue weighted by Gasteiger charge is 2.34. The molecule has 5 nitrogen and oxygen atoms in total. The number of amides is 3. The van der Waals surface area contributed by atoms with E-state index in [1.165, 1.54) is 0 Å². The topological polar surface area (TPSA) is 58.6 Å². The van der Waals surface area contributed by atoms with Gasteiger partial charge in [-0.15, -0.1) is 0 Å². The lowest BCUT2D eigenvalue weighted by Crippen LogP contribution is -2.30. The molecule has 1 fully saturated rings. The molecule has 0 spiro atoms. The number of halogens is 3. The lowest BCUT2D eigenvalue weighted by Gasteiger charge is -2.11. The van der Waals surface area contributed by atoms with E-state index in [1.807, 2.05) is 6.07 Å². The van der Waals surface area contributed by atoms with Crippen molar-refractivity contribution in [1.82, 2.24) is 5.32 Å². The first-order valence-electron chi connectivity index (χ1n) is 9.20. The maximum atomic E-state index is 12.7. The Labute approximate surface area is 193 Å². The maximum absolute atomic E-state index is 12.7. The fourth-order valence-electron chi connectivity index (χ4n) is 2.99. The highest BCUT2D eigenvalue weighted by molar-refractivity contribution is 6.35.